The van der Waals surface area contributed by atoms with Crippen molar-refractivity contribution in [3.05, 3.63) is 12.2 Å². The molecule has 1 aliphatic rings. The van der Waals surface area contributed by atoms with Crippen molar-refractivity contribution in [3.63, 3.8) is 0 Å². The first kappa shape index (κ1) is 11.6. The van der Waals surface area contributed by atoms with Crippen molar-refractivity contribution in [2.24, 2.45) is 17.3 Å². The number of rotatable bonds is 3. The summed E-state index contributed by atoms with van der Waals surface area (Å²) in [6.07, 6.45) is -1.21. The summed E-state index contributed by atoms with van der Waals surface area (Å²) in [5.41, 5.74) is -1.05. The van der Waals surface area contributed by atoms with Gasteiger partial charge in [-0.3, -0.25) is 4.79 Å². The fourth-order valence-electron chi connectivity index (χ4n) is 1.72. The molecule has 0 aromatic carbocycles. The Bertz CT molecular complexity index is 344. The summed E-state index contributed by atoms with van der Waals surface area (Å²) in [5, 5.41) is 8.80. The Morgan fingerprint density at radius 3 is 2.67 bits per heavy atom. The summed E-state index contributed by atoms with van der Waals surface area (Å²) >= 11 is 0. The highest BCUT2D eigenvalue weighted by Crippen LogP contribution is 2.59. The lowest BCUT2D eigenvalue weighted by atomic mass is 10.1. The Morgan fingerprint density at radius 1 is 1.67 bits per heavy atom. The van der Waals surface area contributed by atoms with E-state index in [9.17, 15) is 13.6 Å². The van der Waals surface area contributed by atoms with Crippen LogP contribution in [0, 0.1) is 28.6 Å². The number of hydrogen-bond acceptors (Lipinski definition) is 3. The first-order valence-electron chi connectivity index (χ1n) is 4.58. The van der Waals surface area contributed by atoms with Crippen molar-refractivity contribution < 1.29 is 18.3 Å². The average molecular weight is 215 g/mol. The third-order valence-electron chi connectivity index (χ3n) is 2.68. The fraction of sp³-hybridized carbons (Fsp3) is 0.600. The van der Waals surface area contributed by atoms with Crippen molar-refractivity contribution >= 4 is 5.97 Å². The normalized spacial score (nSPS) is 32.7. The van der Waals surface area contributed by atoms with Gasteiger partial charge in [0, 0.05) is 5.92 Å². The minimum Gasteiger partial charge on any atom is -0.466 e. The van der Waals surface area contributed by atoms with Crippen LogP contribution >= 0.6 is 0 Å². The molecule has 1 rings (SSSR count). The molecule has 82 valence electrons. The van der Waals surface area contributed by atoms with Gasteiger partial charge in [-0.15, -0.1) is 0 Å². The highest BCUT2D eigenvalue weighted by molar-refractivity contribution is 5.79. The zero-order chi connectivity index (χ0) is 11.6. The van der Waals surface area contributed by atoms with Crippen LogP contribution in [0.2, 0.25) is 0 Å². The molecule has 3 unspecified atom stereocenters. The summed E-state index contributed by atoms with van der Waals surface area (Å²) in [5.74, 6) is -2.07. The summed E-state index contributed by atoms with van der Waals surface area (Å²) in [7, 11) is 0. The van der Waals surface area contributed by atoms with E-state index in [0.29, 0.717) is 6.08 Å². The Morgan fingerprint density at radius 2 is 2.27 bits per heavy atom. The van der Waals surface area contributed by atoms with E-state index in [0.717, 1.165) is 0 Å². The van der Waals surface area contributed by atoms with Crippen LogP contribution in [0.4, 0.5) is 8.78 Å². The summed E-state index contributed by atoms with van der Waals surface area (Å²) < 4.78 is 28.8. The molecule has 0 aromatic rings. The average Bonchev–Trinajstić information content (AvgIpc) is 2.72. The van der Waals surface area contributed by atoms with Crippen LogP contribution in [0.1, 0.15) is 13.8 Å². The molecule has 3 atom stereocenters. The van der Waals surface area contributed by atoms with Gasteiger partial charge in [0.1, 0.15) is 0 Å². The van der Waals surface area contributed by atoms with E-state index in [2.05, 4.69) is 0 Å². The lowest BCUT2D eigenvalue weighted by molar-refractivity contribution is -0.145. The van der Waals surface area contributed by atoms with Gasteiger partial charge in [0.05, 0.1) is 24.0 Å². The smallest absolute Gasteiger partial charge is 0.311 e. The molecular weight excluding hydrogens is 204 g/mol. The molecule has 15 heavy (non-hydrogen) atoms. The number of ether oxygens (including phenoxy) is 1. The van der Waals surface area contributed by atoms with Gasteiger partial charge in [0.25, 0.3) is 6.08 Å². The molecule has 0 N–H and O–H groups in total. The molecule has 1 aliphatic carbocycles. The number of carbonyl (C=O) groups is 1. The SMILES string of the molecule is CCOC(=O)C1C(C=C(F)F)C1(C)C#N. The summed E-state index contributed by atoms with van der Waals surface area (Å²) in [6.45, 7) is 3.30. The fourth-order valence-corrected chi connectivity index (χ4v) is 1.72. The van der Waals surface area contributed by atoms with Crippen molar-refractivity contribution in [2.45, 2.75) is 13.8 Å². The van der Waals surface area contributed by atoms with Crippen molar-refractivity contribution in [1.82, 2.24) is 0 Å². The molecule has 0 heterocycles. The minimum atomic E-state index is -1.87. The molecule has 0 aliphatic heterocycles. The lowest BCUT2D eigenvalue weighted by Gasteiger charge is -2.00. The predicted molar refractivity (Wildman–Crippen MR) is 47.6 cm³/mol. The first-order valence-corrected chi connectivity index (χ1v) is 4.58. The molecule has 0 spiro atoms. The molecule has 5 heteroatoms. The third kappa shape index (κ3) is 1.99. The zero-order valence-electron chi connectivity index (χ0n) is 8.46. The van der Waals surface area contributed by atoms with E-state index in [1.165, 1.54) is 6.92 Å². The van der Waals surface area contributed by atoms with Crippen LogP contribution in [0.25, 0.3) is 0 Å². The van der Waals surface area contributed by atoms with Gasteiger partial charge < -0.3 is 4.74 Å². The molecule has 0 aromatic heterocycles. The van der Waals surface area contributed by atoms with Crippen LogP contribution in [0.5, 0.6) is 0 Å². The Labute approximate surface area is 86.3 Å². The summed E-state index contributed by atoms with van der Waals surface area (Å²) in [6, 6.07) is 1.88. The summed E-state index contributed by atoms with van der Waals surface area (Å²) in [4.78, 5) is 11.3. The van der Waals surface area contributed by atoms with E-state index in [1.807, 2.05) is 6.07 Å². The topological polar surface area (TPSA) is 50.1 Å². The molecular formula is C10H11F2NO2. The van der Waals surface area contributed by atoms with E-state index in [4.69, 9.17) is 10.00 Å². The van der Waals surface area contributed by atoms with Crippen LogP contribution in [0.3, 0.4) is 0 Å². The number of nitriles is 1. The van der Waals surface area contributed by atoms with Gasteiger partial charge >= 0.3 is 5.97 Å². The second kappa shape index (κ2) is 3.97. The van der Waals surface area contributed by atoms with Crippen molar-refractivity contribution in [3.8, 4) is 6.07 Å². The lowest BCUT2D eigenvalue weighted by Crippen LogP contribution is -2.10. The monoisotopic (exact) mass is 215 g/mol. The predicted octanol–water partition coefficient (Wildman–Crippen LogP) is 2.11. The minimum absolute atomic E-state index is 0.186. The maximum absolute atomic E-state index is 12.0. The molecule has 0 saturated heterocycles. The quantitative estimate of drug-likeness (QED) is 0.677. The van der Waals surface area contributed by atoms with Crippen molar-refractivity contribution in [2.75, 3.05) is 6.61 Å². The van der Waals surface area contributed by atoms with Gasteiger partial charge in [0.2, 0.25) is 0 Å². The Hall–Kier alpha value is -1.44. The number of esters is 1. The van der Waals surface area contributed by atoms with Crippen LogP contribution in [-0.4, -0.2) is 12.6 Å². The Balaban J connectivity index is 2.80. The van der Waals surface area contributed by atoms with Crippen LogP contribution in [-0.2, 0) is 9.53 Å². The number of hydrogen-bond donors (Lipinski definition) is 0. The molecule has 1 fully saturated rings. The van der Waals surface area contributed by atoms with Crippen LogP contribution in [0.15, 0.2) is 12.2 Å². The van der Waals surface area contributed by atoms with E-state index >= 15 is 0 Å². The zero-order valence-corrected chi connectivity index (χ0v) is 8.46. The second-order valence-electron chi connectivity index (χ2n) is 3.61. The second-order valence-corrected chi connectivity index (χ2v) is 3.61. The first-order chi connectivity index (χ1) is 6.97. The standard InChI is InChI=1S/C10H11F2NO2/c1-3-15-9(14)8-6(4-7(11)12)10(8,2)5-13/h4,6,8H,3H2,1-2H3. The number of nitrogens with zero attached hydrogens (tertiary/aromatic N) is 1. The third-order valence-corrected chi connectivity index (χ3v) is 2.68. The maximum Gasteiger partial charge on any atom is 0.311 e. The van der Waals surface area contributed by atoms with E-state index < -0.39 is 29.3 Å². The van der Waals surface area contributed by atoms with E-state index in [-0.39, 0.29) is 6.61 Å². The molecule has 0 amide bonds. The van der Waals surface area contributed by atoms with E-state index in [1.54, 1.807) is 6.92 Å². The number of halogens is 2. The molecule has 0 bridgehead atoms. The maximum atomic E-state index is 12.0. The largest absolute Gasteiger partial charge is 0.466 e. The number of allylic oxidation sites excluding steroid dienone is 1. The molecule has 0 radical (unpaired) electrons. The highest BCUT2D eigenvalue weighted by Gasteiger charge is 2.66. The molecule has 1 saturated carbocycles. The molecule has 3 nitrogen and oxygen atoms in total. The van der Waals surface area contributed by atoms with Gasteiger partial charge in [0.15, 0.2) is 0 Å². The van der Waals surface area contributed by atoms with Gasteiger partial charge in [-0.2, -0.15) is 14.0 Å². The highest BCUT2D eigenvalue weighted by atomic mass is 19.3. The van der Waals surface area contributed by atoms with Gasteiger partial charge in [-0.25, -0.2) is 0 Å². The van der Waals surface area contributed by atoms with Gasteiger partial charge in [-0.05, 0) is 19.9 Å². The van der Waals surface area contributed by atoms with Crippen molar-refractivity contribution in [1.29, 1.82) is 5.26 Å². The van der Waals surface area contributed by atoms with Crippen LogP contribution < -0.4 is 0 Å². The van der Waals surface area contributed by atoms with Gasteiger partial charge in [-0.1, -0.05) is 0 Å². The Kier molecular flexibility index (Phi) is 3.08. The number of carbonyl (C=O) groups excluding carboxylic acids is 1.